The molecule has 1 unspecified atom stereocenters. The molecule has 3 N–H and O–H groups in total. The Bertz CT molecular complexity index is 616. The van der Waals surface area contributed by atoms with E-state index in [1.165, 1.54) is 24.3 Å². The van der Waals surface area contributed by atoms with Crippen molar-refractivity contribution >= 4 is 17.6 Å². The highest BCUT2D eigenvalue weighted by molar-refractivity contribution is 5.89. The standard InChI is InChI=1S/C19H27FN4O2/c20-15-2-4-16(5-3-15)22-19(26)23-17-9-12-24(13-17)18(25)6-1-14-7-10-21-11-8-14/h2-5,14,17,21H,1,6-13H2,(H2,22,23,26). The Morgan fingerprint density at radius 3 is 2.62 bits per heavy atom. The van der Waals surface area contributed by atoms with E-state index in [-0.39, 0.29) is 23.8 Å². The average Bonchev–Trinajstić information content (AvgIpc) is 3.11. The normalized spacial score (nSPS) is 20.8. The minimum atomic E-state index is -0.342. The molecule has 142 valence electrons. The van der Waals surface area contributed by atoms with Crippen molar-refractivity contribution in [3.8, 4) is 0 Å². The first kappa shape index (κ1) is 18.6. The molecule has 0 saturated carbocycles. The Morgan fingerprint density at radius 1 is 1.15 bits per heavy atom. The van der Waals surface area contributed by atoms with Crippen molar-refractivity contribution in [2.75, 3.05) is 31.5 Å². The molecule has 1 atom stereocenters. The van der Waals surface area contributed by atoms with E-state index in [1.807, 2.05) is 4.90 Å². The van der Waals surface area contributed by atoms with Gasteiger partial charge in [-0.25, -0.2) is 9.18 Å². The summed E-state index contributed by atoms with van der Waals surface area (Å²) in [6, 6.07) is 5.26. The Labute approximate surface area is 153 Å². The highest BCUT2D eigenvalue weighted by Crippen LogP contribution is 2.20. The number of urea groups is 1. The van der Waals surface area contributed by atoms with E-state index >= 15 is 0 Å². The number of likely N-dealkylation sites (tertiary alicyclic amines) is 1. The molecule has 3 amide bonds. The van der Waals surface area contributed by atoms with Gasteiger partial charge in [-0.15, -0.1) is 0 Å². The predicted molar refractivity (Wildman–Crippen MR) is 98.4 cm³/mol. The van der Waals surface area contributed by atoms with Crippen LogP contribution in [0.3, 0.4) is 0 Å². The lowest BCUT2D eigenvalue weighted by atomic mass is 9.93. The van der Waals surface area contributed by atoms with Gasteiger partial charge in [-0.05, 0) is 69.0 Å². The summed E-state index contributed by atoms with van der Waals surface area (Å²) >= 11 is 0. The molecule has 3 rings (SSSR count). The minimum Gasteiger partial charge on any atom is -0.341 e. The lowest BCUT2D eigenvalue weighted by molar-refractivity contribution is -0.130. The van der Waals surface area contributed by atoms with Gasteiger partial charge in [0.1, 0.15) is 5.82 Å². The number of nitrogens with one attached hydrogen (secondary N) is 3. The van der Waals surface area contributed by atoms with E-state index in [4.69, 9.17) is 0 Å². The second-order valence-corrected chi connectivity index (χ2v) is 7.16. The predicted octanol–water partition coefficient (Wildman–Crippen LogP) is 2.33. The second kappa shape index (κ2) is 8.98. The highest BCUT2D eigenvalue weighted by atomic mass is 19.1. The van der Waals surface area contributed by atoms with Gasteiger partial charge in [0.05, 0.1) is 0 Å². The molecule has 0 aliphatic carbocycles. The van der Waals surface area contributed by atoms with Crippen molar-refractivity contribution in [2.45, 2.75) is 38.1 Å². The summed E-state index contributed by atoms with van der Waals surface area (Å²) in [4.78, 5) is 26.3. The topological polar surface area (TPSA) is 73.5 Å². The molecule has 0 bridgehead atoms. The quantitative estimate of drug-likeness (QED) is 0.753. The maximum atomic E-state index is 12.9. The molecule has 1 aromatic rings. The monoisotopic (exact) mass is 362 g/mol. The number of piperidine rings is 1. The molecule has 2 heterocycles. The van der Waals surface area contributed by atoms with Crippen LogP contribution in [0.25, 0.3) is 0 Å². The number of hydrogen-bond acceptors (Lipinski definition) is 3. The summed E-state index contributed by atoms with van der Waals surface area (Å²) in [5.41, 5.74) is 0.539. The fourth-order valence-electron chi connectivity index (χ4n) is 3.65. The van der Waals surface area contributed by atoms with Gasteiger partial charge in [0.2, 0.25) is 5.91 Å². The van der Waals surface area contributed by atoms with E-state index in [2.05, 4.69) is 16.0 Å². The maximum Gasteiger partial charge on any atom is 0.319 e. The molecule has 26 heavy (non-hydrogen) atoms. The summed E-state index contributed by atoms with van der Waals surface area (Å²) in [7, 11) is 0. The largest absolute Gasteiger partial charge is 0.341 e. The smallest absolute Gasteiger partial charge is 0.319 e. The van der Waals surface area contributed by atoms with Gasteiger partial charge in [-0.3, -0.25) is 4.79 Å². The third kappa shape index (κ3) is 5.42. The number of carbonyl (C=O) groups is 2. The number of anilines is 1. The van der Waals surface area contributed by atoms with Crippen LogP contribution in [0.1, 0.15) is 32.1 Å². The van der Waals surface area contributed by atoms with Crippen molar-refractivity contribution in [3.63, 3.8) is 0 Å². The van der Waals surface area contributed by atoms with Gasteiger partial charge in [0.15, 0.2) is 0 Å². The molecular formula is C19H27FN4O2. The number of rotatable bonds is 5. The Kier molecular flexibility index (Phi) is 6.44. The summed E-state index contributed by atoms with van der Waals surface area (Å²) in [5, 5.41) is 8.91. The van der Waals surface area contributed by atoms with Crippen molar-refractivity contribution in [1.29, 1.82) is 0 Å². The molecular weight excluding hydrogens is 335 g/mol. The van der Waals surface area contributed by atoms with Gasteiger partial charge in [0, 0.05) is 31.2 Å². The number of nitrogens with zero attached hydrogens (tertiary/aromatic N) is 1. The molecule has 2 aliphatic heterocycles. The number of carbonyl (C=O) groups excluding carboxylic acids is 2. The number of benzene rings is 1. The number of halogens is 1. The van der Waals surface area contributed by atoms with E-state index in [0.717, 1.165) is 38.8 Å². The van der Waals surface area contributed by atoms with Crippen molar-refractivity contribution in [2.24, 2.45) is 5.92 Å². The maximum absolute atomic E-state index is 12.9. The van der Waals surface area contributed by atoms with Gasteiger partial charge >= 0.3 is 6.03 Å². The van der Waals surface area contributed by atoms with Crippen LogP contribution < -0.4 is 16.0 Å². The van der Waals surface area contributed by atoms with Crippen LogP contribution in [0, 0.1) is 11.7 Å². The zero-order chi connectivity index (χ0) is 18.4. The van der Waals surface area contributed by atoms with E-state index in [0.29, 0.717) is 31.1 Å². The van der Waals surface area contributed by atoms with Crippen LogP contribution in [0.15, 0.2) is 24.3 Å². The van der Waals surface area contributed by atoms with E-state index in [1.54, 1.807) is 0 Å². The van der Waals surface area contributed by atoms with Crippen LogP contribution in [-0.2, 0) is 4.79 Å². The van der Waals surface area contributed by atoms with Crippen LogP contribution >= 0.6 is 0 Å². The third-order valence-electron chi connectivity index (χ3n) is 5.20. The Balaban J connectivity index is 1.37. The SMILES string of the molecule is O=C(Nc1ccc(F)cc1)NC1CCN(C(=O)CCC2CCNCC2)C1. The fraction of sp³-hybridized carbons (Fsp3) is 0.579. The van der Waals surface area contributed by atoms with Gasteiger partial charge in [-0.1, -0.05) is 0 Å². The lowest BCUT2D eigenvalue weighted by Crippen LogP contribution is -2.40. The highest BCUT2D eigenvalue weighted by Gasteiger charge is 2.27. The van der Waals surface area contributed by atoms with Crippen LogP contribution in [0.5, 0.6) is 0 Å². The average molecular weight is 362 g/mol. The molecule has 7 heteroatoms. The van der Waals surface area contributed by atoms with Gasteiger partial charge in [0.25, 0.3) is 0 Å². The summed E-state index contributed by atoms with van der Waals surface area (Å²) < 4.78 is 12.9. The van der Waals surface area contributed by atoms with Crippen molar-refractivity contribution in [1.82, 2.24) is 15.5 Å². The zero-order valence-corrected chi connectivity index (χ0v) is 15.0. The van der Waals surface area contributed by atoms with Crippen LogP contribution in [0.4, 0.5) is 14.9 Å². The van der Waals surface area contributed by atoms with E-state index < -0.39 is 0 Å². The molecule has 1 aromatic carbocycles. The first-order valence-corrected chi connectivity index (χ1v) is 9.42. The molecule has 0 radical (unpaired) electrons. The number of hydrogen-bond donors (Lipinski definition) is 3. The zero-order valence-electron chi connectivity index (χ0n) is 15.0. The Hall–Kier alpha value is -2.15. The molecule has 2 fully saturated rings. The second-order valence-electron chi connectivity index (χ2n) is 7.16. The molecule has 0 spiro atoms. The Morgan fingerprint density at radius 2 is 1.88 bits per heavy atom. The van der Waals surface area contributed by atoms with Crippen LogP contribution in [-0.4, -0.2) is 49.1 Å². The first-order chi connectivity index (χ1) is 12.6. The van der Waals surface area contributed by atoms with Crippen molar-refractivity contribution < 1.29 is 14.0 Å². The minimum absolute atomic E-state index is 0.0433. The van der Waals surface area contributed by atoms with Gasteiger partial charge < -0.3 is 20.9 Å². The number of amides is 3. The molecule has 2 saturated heterocycles. The lowest BCUT2D eigenvalue weighted by Gasteiger charge is -2.23. The third-order valence-corrected chi connectivity index (χ3v) is 5.20. The molecule has 2 aliphatic rings. The summed E-state index contributed by atoms with van der Waals surface area (Å²) in [6.07, 6.45) is 4.62. The molecule has 0 aromatic heterocycles. The summed E-state index contributed by atoms with van der Waals surface area (Å²) in [6.45, 7) is 3.35. The summed E-state index contributed by atoms with van der Waals surface area (Å²) in [5.74, 6) is 0.496. The first-order valence-electron chi connectivity index (χ1n) is 9.42. The van der Waals surface area contributed by atoms with Crippen molar-refractivity contribution in [3.05, 3.63) is 30.1 Å². The molecule has 6 nitrogen and oxygen atoms in total. The fourth-order valence-corrected chi connectivity index (χ4v) is 3.65. The van der Waals surface area contributed by atoms with E-state index in [9.17, 15) is 14.0 Å². The van der Waals surface area contributed by atoms with Gasteiger partial charge in [-0.2, -0.15) is 0 Å². The van der Waals surface area contributed by atoms with Crippen LogP contribution in [0.2, 0.25) is 0 Å².